The zero-order chi connectivity index (χ0) is 11.5. The smallest absolute Gasteiger partial charge is 0.125 e. The Labute approximate surface area is 98.7 Å². The molecule has 2 aromatic rings. The van der Waals surface area contributed by atoms with Crippen molar-refractivity contribution in [2.75, 3.05) is 0 Å². The summed E-state index contributed by atoms with van der Waals surface area (Å²) in [5.74, 6) is 0. The van der Waals surface area contributed by atoms with Crippen LogP contribution in [0.25, 0.3) is 5.69 Å². The summed E-state index contributed by atoms with van der Waals surface area (Å²) in [5, 5.41) is 9.47. The van der Waals surface area contributed by atoms with Gasteiger partial charge >= 0.3 is 0 Å². The monoisotopic (exact) mass is 231 g/mol. The van der Waals surface area contributed by atoms with Crippen molar-refractivity contribution in [1.29, 1.82) is 5.26 Å². The van der Waals surface area contributed by atoms with Crippen LogP contribution in [0.3, 0.4) is 0 Å². The molecule has 1 aromatic carbocycles. The normalized spacial score (nSPS) is 10.1. The van der Waals surface area contributed by atoms with Crippen molar-refractivity contribution in [2.45, 2.75) is 6.54 Å². The fourth-order valence-corrected chi connectivity index (χ4v) is 1.79. The van der Waals surface area contributed by atoms with E-state index >= 15 is 0 Å². The van der Waals surface area contributed by atoms with Gasteiger partial charge in [0.2, 0.25) is 0 Å². The SMILES string of the molecule is N#Cc1ccc(Cl)n1-c1ccc(CN)cc1. The van der Waals surface area contributed by atoms with Gasteiger partial charge in [0, 0.05) is 12.2 Å². The number of nitrogens with two attached hydrogens (primary N) is 1. The molecule has 80 valence electrons. The van der Waals surface area contributed by atoms with Crippen molar-refractivity contribution in [3.63, 3.8) is 0 Å². The largest absolute Gasteiger partial charge is 0.326 e. The number of nitriles is 1. The fourth-order valence-electron chi connectivity index (χ4n) is 1.54. The van der Waals surface area contributed by atoms with Gasteiger partial charge in [-0.05, 0) is 29.8 Å². The van der Waals surface area contributed by atoms with Crippen molar-refractivity contribution in [1.82, 2.24) is 4.57 Å². The lowest BCUT2D eigenvalue weighted by molar-refractivity contribution is 1.03. The van der Waals surface area contributed by atoms with Crippen LogP contribution < -0.4 is 5.73 Å². The first-order valence-electron chi connectivity index (χ1n) is 4.83. The molecule has 0 saturated heterocycles. The highest BCUT2D eigenvalue weighted by molar-refractivity contribution is 6.30. The van der Waals surface area contributed by atoms with E-state index in [1.165, 1.54) is 0 Å². The van der Waals surface area contributed by atoms with Crippen molar-refractivity contribution in [2.24, 2.45) is 5.73 Å². The molecular formula is C12H10ClN3. The second-order valence-electron chi connectivity index (χ2n) is 3.36. The number of benzene rings is 1. The second-order valence-corrected chi connectivity index (χ2v) is 3.75. The maximum absolute atomic E-state index is 8.94. The number of aromatic nitrogens is 1. The first kappa shape index (κ1) is 10.7. The molecule has 0 bridgehead atoms. The van der Waals surface area contributed by atoms with Gasteiger partial charge in [0.05, 0.1) is 0 Å². The van der Waals surface area contributed by atoms with Crippen LogP contribution in [0.2, 0.25) is 5.15 Å². The van der Waals surface area contributed by atoms with Crippen LogP contribution in [0.5, 0.6) is 0 Å². The standard InChI is InChI=1S/C12H10ClN3/c13-12-6-5-11(8-15)16(12)10-3-1-9(7-14)2-4-10/h1-6H,7,14H2. The van der Waals surface area contributed by atoms with E-state index in [0.29, 0.717) is 17.4 Å². The van der Waals surface area contributed by atoms with Crippen LogP contribution in [-0.4, -0.2) is 4.57 Å². The molecule has 0 fully saturated rings. The molecule has 0 unspecified atom stereocenters. The van der Waals surface area contributed by atoms with Crippen LogP contribution in [-0.2, 0) is 6.54 Å². The molecule has 0 amide bonds. The number of halogens is 1. The van der Waals surface area contributed by atoms with E-state index in [4.69, 9.17) is 22.6 Å². The van der Waals surface area contributed by atoms with Crippen molar-refractivity contribution in [3.8, 4) is 11.8 Å². The van der Waals surface area contributed by atoms with E-state index in [9.17, 15) is 0 Å². The third kappa shape index (κ3) is 1.81. The Morgan fingerprint density at radius 1 is 1.19 bits per heavy atom. The van der Waals surface area contributed by atoms with Gasteiger partial charge in [-0.3, -0.25) is 4.57 Å². The molecule has 1 aromatic heterocycles. The Kier molecular flexibility index (Phi) is 2.95. The van der Waals surface area contributed by atoms with Gasteiger partial charge in [0.1, 0.15) is 16.9 Å². The van der Waals surface area contributed by atoms with E-state index in [-0.39, 0.29) is 0 Å². The maximum atomic E-state index is 8.94. The lowest BCUT2D eigenvalue weighted by Crippen LogP contribution is -1.99. The Morgan fingerprint density at radius 3 is 2.44 bits per heavy atom. The van der Waals surface area contributed by atoms with E-state index in [0.717, 1.165) is 11.3 Å². The van der Waals surface area contributed by atoms with Gasteiger partial charge in [-0.25, -0.2) is 0 Å². The average molecular weight is 232 g/mol. The molecule has 0 aliphatic heterocycles. The molecule has 4 heteroatoms. The second kappa shape index (κ2) is 4.40. The van der Waals surface area contributed by atoms with Crippen LogP contribution in [0.4, 0.5) is 0 Å². The third-order valence-electron chi connectivity index (χ3n) is 2.38. The Morgan fingerprint density at radius 2 is 1.88 bits per heavy atom. The molecule has 16 heavy (non-hydrogen) atoms. The molecule has 2 N–H and O–H groups in total. The number of hydrogen-bond donors (Lipinski definition) is 1. The highest BCUT2D eigenvalue weighted by atomic mass is 35.5. The average Bonchev–Trinajstić information content (AvgIpc) is 2.70. The Balaban J connectivity index is 2.50. The molecule has 2 rings (SSSR count). The summed E-state index contributed by atoms with van der Waals surface area (Å²) in [7, 11) is 0. The highest BCUT2D eigenvalue weighted by Gasteiger charge is 2.07. The number of rotatable bonds is 2. The first-order chi connectivity index (χ1) is 7.76. The molecule has 0 saturated carbocycles. The molecule has 0 aliphatic carbocycles. The van der Waals surface area contributed by atoms with Crippen LogP contribution >= 0.6 is 11.6 Å². The third-order valence-corrected chi connectivity index (χ3v) is 2.67. The summed E-state index contributed by atoms with van der Waals surface area (Å²) in [5.41, 5.74) is 7.95. The predicted molar refractivity (Wildman–Crippen MR) is 63.4 cm³/mol. The summed E-state index contributed by atoms with van der Waals surface area (Å²) in [6.07, 6.45) is 0. The summed E-state index contributed by atoms with van der Waals surface area (Å²) in [6.45, 7) is 0.505. The quantitative estimate of drug-likeness (QED) is 0.863. The molecule has 3 nitrogen and oxygen atoms in total. The summed E-state index contributed by atoms with van der Waals surface area (Å²) >= 11 is 6.02. The van der Waals surface area contributed by atoms with E-state index < -0.39 is 0 Å². The Hall–Kier alpha value is -1.76. The summed E-state index contributed by atoms with van der Waals surface area (Å²) in [6, 6.07) is 13.1. The number of hydrogen-bond acceptors (Lipinski definition) is 2. The minimum atomic E-state index is 0.505. The van der Waals surface area contributed by atoms with Crippen molar-refractivity contribution < 1.29 is 0 Å². The molecule has 1 heterocycles. The van der Waals surface area contributed by atoms with Crippen molar-refractivity contribution >= 4 is 11.6 Å². The van der Waals surface area contributed by atoms with E-state index in [2.05, 4.69) is 6.07 Å². The van der Waals surface area contributed by atoms with E-state index in [1.807, 2.05) is 24.3 Å². The van der Waals surface area contributed by atoms with Gasteiger partial charge in [0.15, 0.2) is 0 Å². The topological polar surface area (TPSA) is 54.7 Å². The van der Waals surface area contributed by atoms with Crippen LogP contribution in [0.15, 0.2) is 36.4 Å². The zero-order valence-corrected chi connectivity index (χ0v) is 9.28. The lowest BCUT2D eigenvalue weighted by atomic mass is 10.2. The molecule has 0 spiro atoms. The molecule has 0 aliphatic rings. The lowest BCUT2D eigenvalue weighted by Gasteiger charge is -2.07. The molecule has 0 radical (unpaired) electrons. The zero-order valence-electron chi connectivity index (χ0n) is 8.52. The molecular weight excluding hydrogens is 222 g/mol. The Bertz CT molecular complexity index is 534. The van der Waals surface area contributed by atoms with Crippen LogP contribution in [0.1, 0.15) is 11.3 Å². The maximum Gasteiger partial charge on any atom is 0.125 e. The highest BCUT2D eigenvalue weighted by Crippen LogP contribution is 2.21. The molecule has 0 atom stereocenters. The van der Waals surface area contributed by atoms with Crippen molar-refractivity contribution in [3.05, 3.63) is 52.8 Å². The van der Waals surface area contributed by atoms with Gasteiger partial charge in [-0.1, -0.05) is 23.7 Å². The number of nitrogens with zero attached hydrogens (tertiary/aromatic N) is 2. The van der Waals surface area contributed by atoms with Gasteiger partial charge in [0.25, 0.3) is 0 Å². The predicted octanol–water partition coefficient (Wildman–Crippen LogP) is 2.46. The van der Waals surface area contributed by atoms with Crippen LogP contribution in [0, 0.1) is 11.3 Å². The van der Waals surface area contributed by atoms with Gasteiger partial charge in [-0.2, -0.15) is 5.26 Å². The summed E-state index contributed by atoms with van der Waals surface area (Å²) in [4.78, 5) is 0. The van der Waals surface area contributed by atoms with E-state index in [1.54, 1.807) is 16.7 Å². The first-order valence-corrected chi connectivity index (χ1v) is 5.21. The minimum Gasteiger partial charge on any atom is -0.326 e. The fraction of sp³-hybridized carbons (Fsp3) is 0.0833. The summed E-state index contributed by atoms with van der Waals surface area (Å²) < 4.78 is 1.70. The van der Waals surface area contributed by atoms with Gasteiger partial charge < -0.3 is 5.73 Å². The van der Waals surface area contributed by atoms with Gasteiger partial charge in [-0.15, -0.1) is 0 Å². The minimum absolute atomic E-state index is 0.505.